The number of benzene rings is 3. The van der Waals surface area contributed by atoms with E-state index in [1.165, 1.54) is 33.7 Å². The molecule has 3 aromatic carbocycles. The fourth-order valence-electron chi connectivity index (χ4n) is 3.38. The summed E-state index contributed by atoms with van der Waals surface area (Å²) in [7, 11) is 0. The Morgan fingerprint density at radius 2 is 1.64 bits per heavy atom. The first-order valence-electron chi connectivity index (χ1n) is 7.92. The van der Waals surface area contributed by atoms with Crippen LogP contribution in [0.15, 0.2) is 66.9 Å². The number of rotatable bonds is 3. The van der Waals surface area contributed by atoms with Gasteiger partial charge in [-0.15, -0.1) is 0 Å². The number of hydrogen-bond acceptors (Lipinski definition) is 2. The fraction of sp³-hybridized carbons (Fsp3) is 0.200. The Labute approximate surface area is 130 Å². The topological polar surface area (TPSA) is 24.1 Å². The van der Waals surface area contributed by atoms with Crippen LogP contribution in [0.3, 0.4) is 0 Å². The Balaban J connectivity index is 1.86. The lowest BCUT2D eigenvalue weighted by atomic mass is 10.0. The summed E-state index contributed by atoms with van der Waals surface area (Å²) in [5.41, 5.74) is 2.24. The van der Waals surface area contributed by atoms with Crippen LogP contribution in [-0.4, -0.2) is 12.6 Å². The van der Waals surface area contributed by atoms with Gasteiger partial charge in [-0.05, 0) is 36.2 Å². The summed E-state index contributed by atoms with van der Waals surface area (Å²) in [6, 6.07) is 19.7. The van der Waals surface area contributed by atoms with Crippen LogP contribution < -0.4 is 10.6 Å². The summed E-state index contributed by atoms with van der Waals surface area (Å²) in [5, 5.41) is 12.1. The predicted octanol–water partition coefficient (Wildman–Crippen LogP) is 4.67. The zero-order chi connectivity index (χ0) is 14.9. The van der Waals surface area contributed by atoms with Crippen LogP contribution in [0, 0.1) is 0 Å². The van der Waals surface area contributed by atoms with Crippen molar-refractivity contribution < 1.29 is 0 Å². The van der Waals surface area contributed by atoms with Gasteiger partial charge in [-0.1, -0.05) is 55.1 Å². The van der Waals surface area contributed by atoms with Gasteiger partial charge in [0.2, 0.25) is 0 Å². The molecule has 0 saturated carbocycles. The van der Waals surface area contributed by atoms with Crippen LogP contribution in [0.25, 0.3) is 21.5 Å². The summed E-state index contributed by atoms with van der Waals surface area (Å²) in [6.07, 6.45) is 2.39. The highest BCUT2D eigenvalue weighted by atomic mass is 15.0. The van der Waals surface area contributed by atoms with Crippen molar-refractivity contribution in [2.45, 2.75) is 18.9 Å². The SMILES string of the molecule is C=C(Nc1c2ccccc2cc2ccccc12)[C@@H]1CCCN1. The standard InChI is InChI=1S/C20H20N2/c1-14(19-11-6-12-21-19)22-20-17-9-4-2-7-15(17)13-16-8-3-5-10-18(16)20/h2-5,7-10,13,19,21-22H,1,6,11-12H2/t19-/m0/s1. The minimum atomic E-state index is 0.373. The molecule has 1 aliphatic rings. The monoisotopic (exact) mass is 288 g/mol. The average Bonchev–Trinajstić information content (AvgIpc) is 3.09. The number of anilines is 1. The molecule has 1 fully saturated rings. The summed E-state index contributed by atoms with van der Waals surface area (Å²) in [6.45, 7) is 5.36. The maximum Gasteiger partial charge on any atom is 0.0541 e. The van der Waals surface area contributed by atoms with Gasteiger partial charge in [0.25, 0.3) is 0 Å². The van der Waals surface area contributed by atoms with Crippen molar-refractivity contribution in [1.82, 2.24) is 5.32 Å². The second kappa shape index (κ2) is 5.47. The quantitative estimate of drug-likeness (QED) is 0.684. The smallest absolute Gasteiger partial charge is 0.0541 e. The molecule has 3 aromatic rings. The normalized spacial score (nSPS) is 17.9. The first-order chi connectivity index (χ1) is 10.8. The van der Waals surface area contributed by atoms with Gasteiger partial charge in [0.15, 0.2) is 0 Å². The summed E-state index contributed by atoms with van der Waals surface area (Å²) in [5.74, 6) is 0. The number of hydrogen-bond donors (Lipinski definition) is 2. The van der Waals surface area contributed by atoms with Gasteiger partial charge in [-0.2, -0.15) is 0 Å². The van der Waals surface area contributed by atoms with Gasteiger partial charge >= 0.3 is 0 Å². The zero-order valence-electron chi connectivity index (χ0n) is 12.6. The Kier molecular flexibility index (Phi) is 3.32. The van der Waals surface area contributed by atoms with Crippen molar-refractivity contribution in [3.8, 4) is 0 Å². The molecule has 2 heteroatoms. The molecule has 1 aliphatic heterocycles. The first-order valence-corrected chi connectivity index (χ1v) is 7.92. The molecule has 0 unspecified atom stereocenters. The fourth-order valence-corrected chi connectivity index (χ4v) is 3.38. The molecule has 0 spiro atoms. The van der Waals surface area contributed by atoms with Crippen LogP contribution in [0.5, 0.6) is 0 Å². The van der Waals surface area contributed by atoms with E-state index in [-0.39, 0.29) is 0 Å². The molecule has 0 amide bonds. The maximum absolute atomic E-state index is 4.27. The molecular formula is C20H20N2. The highest BCUT2D eigenvalue weighted by Gasteiger charge is 2.18. The second-order valence-electron chi connectivity index (χ2n) is 5.99. The van der Waals surface area contributed by atoms with E-state index in [9.17, 15) is 0 Å². The van der Waals surface area contributed by atoms with Crippen molar-refractivity contribution in [3.05, 3.63) is 66.9 Å². The predicted molar refractivity (Wildman–Crippen MR) is 95.2 cm³/mol. The van der Waals surface area contributed by atoms with E-state index in [0.717, 1.165) is 18.7 Å². The third-order valence-electron chi connectivity index (χ3n) is 4.54. The molecule has 22 heavy (non-hydrogen) atoms. The molecule has 4 rings (SSSR count). The Hall–Kier alpha value is -2.32. The highest BCUT2D eigenvalue weighted by molar-refractivity contribution is 6.11. The third-order valence-corrected chi connectivity index (χ3v) is 4.54. The zero-order valence-corrected chi connectivity index (χ0v) is 12.6. The largest absolute Gasteiger partial charge is 0.357 e. The summed E-state index contributed by atoms with van der Waals surface area (Å²) in [4.78, 5) is 0. The molecular weight excluding hydrogens is 268 g/mol. The van der Waals surface area contributed by atoms with Gasteiger partial charge in [0.1, 0.15) is 0 Å². The molecule has 1 atom stereocenters. The van der Waals surface area contributed by atoms with Crippen molar-refractivity contribution in [1.29, 1.82) is 0 Å². The molecule has 0 aliphatic carbocycles. The summed E-state index contributed by atoms with van der Waals surface area (Å²) < 4.78 is 0. The van der Waals surface area contributed by atoms with Gasteiger partial charge in [-0.25, -0.2) is 0 Å². The summed E-state index contributed by atoms with van der Waals surface area (Å²) >= 11 is 0. The molecule has 2 nitrogen and oxygen atoms in total. The van der Waals surface area contributed by atoms with Gasteiger partial charge < -0.3 is 10.6 Å². The van der Waals surface area contributed by atoms with Crippen LogP contribution >= 0.6 is 0 Å². The highest BCUT2D eigenvalue weighted by Crippen LogP contribution is 2.34. The van der Waals surface area contributed by atoms with Crippen molar-refractivity contribution in [2.24, 2.45) is 0 Å². The van der Waals surface area contributed by atoms with Crippen LogP contribution in [-0.2, 0) is 0 Å². The van der Waals surface area contributed by atoms with Crippen molar-refractivity contribution in [2.75, 3.05) is 11.9 Å². The Bertz CT molecular complexity index is 791. The molecule has 1 heterocycles. The molecule has 1 saturated heterocycles. The van der Waals surface area contributed by atoms with Gasteiger partial charge in [0, 0.05) is 22.5 Å². The van der Waals surface area contributed by atoms with Crippen molar-refractivity contribution >= 4 is 27.2 Å². The number of nitrogens with one attached hydrogen (secondary N) is 2. The van der Waals surface area contributed by atoms with E-state index >= 15 is 0 Å². The average molecular weight is 288 g/mol. The van der Waals surface area contributed by atoms with Gasteiger partial charge in [0.05, 0.1) is 5.69 Å². The lowest BCUT2D eigenvalue weighted by Crippen LogP contribution is -2.26. The Morgan fingerprint density at radius 3 is 2.23 bits per heavy atom. The molecule has 0 radical (unpaired) electrons. The molecule has 110 valence electrons. The van der Waals surface area contributed by atoms with Crippen LogP contribution in [0.4, 0.5) is 5.69 Å². The van der Waals surface area contributed by atoms with E-state index in [1.54, 1.807) is 0 Å². The minimum absolute atomic E-state index is 0.373. The molecule has 0 bridgehead atoms. The second-order valence-corrected chi connectivity index (χ2v) is 5.99. The van der Waals surface area contributed by atoms with E-state index in [4.69, 9.17) is 0 Å². The van der Waals surface area contributed by atoms with E-state index < -0.39 is 0 Å². The maximum atomic E-state index is 4.27. The van der Waals surface area contributed by atoms with E-state index in [1.807, 2.05) is 0 Å². The number of fused-ring (bicyclic) bond motifs is 2. The third kappa shape index (κ3) is 2.26. The molecule has 0 aromatic heterocycles. The molecule has 2 N–H and O–H groups in total. The minimum Gasteiger partial charge on any atom is -0.357 e. The lowest BCUT2D eigenvalue weighted by molar-refractivity contribution is 0.695. The van der Waals surface area contributed by atoms with Crippen molar-refractivity contribution in [3.63, 3.8) is 0 Å². The lowest BCUT2D eigenvalue weighted by Gasteiger charge is -2.19. The van der Waals surface area contributed by atoms with E-state index in [2.05, 4.69) is 71.8 Å². The Morgan fingerprint density at radius 1 is 1.00 bits per heavy atom. The van der Waals surface area contributed by atoms with Crippen LogP contribution in [0.2, 0.25) is 0 Å². The first kappa shape index (κ1) is 13.4. The van der Waals surface area contributed by atoms with Crippen LogP contribution in [0.1, 0.15) is 12.8 Å². The van der Waals surface area contributed by atoms with Gasteiger partial charge in [-0.3, -0.25) is 0 Å². The van der Waals surface area contributed by atoms with E-state index in [0.29, 0.717) is 6.04 Å².